The van der Waals surface area contributed by atoms with Gasteiger partial charge in [-0.2, -0.15) is 13.2 Å². The SMILES string of the molecule is COc1cccc(C2CCCN2C(=O)c2ccc(OCC(F)(F)F)cc2)c1. The van der Waals surface area contributed by atoms with Gasteiger partial charge in [0, 0.05) is 12.1 Å². The van der Waals surface area contributed by atoms with Gasteiger partial charge in [-0.1, -0.05) is 12.1 Å². The van der Waals surface area contributed by atoms with E-state index in [1.165, 1.54) is 24.3 Å². The van der Waals surface area contributed by atoms with Gasteiger partial charge in [0.05, 0.1) is 13.2 Å². The van der Waals surface area contributed by atoms with Gasteiger partial charge in [0.1, 0.15) is 11.5 Å². The molecule has 1 aliphatic rings. The van der Waals surface area contributed by atoms with E-state index in [1.54, 1.807) is 12.0 Å². The monoisotopic (exact) mass is 379 g/mol. The van der Waals surface area contributed by atoms with Gasteiger partial charge in [-0.25, -0.2) is 0 Å². The van der Waals surface area contributed by atoms with E-state index in [9.17, 15) is 18.0 Å². The number of ether oxygens (including phenoxy) is 2. The van der Waals surface area contributed by atoms with Crippen molar-refractivity contribution in [2.24, 2.45) is 0 Å². The summed E-state index contributed by atoms with van der Waals surface area (Å²) in [5.41, 5.74) is 1.43. The predicted molar refractivity (Wildman–Crippen MR) is 94.0 cm³/mol. The summed E-state index contributed by atoms with van der Waals surface area (Å²) in [6, 6.07) is 13.3. The first kappa shape index (κ1) is 19.1. The maximum absolute atomic E-state index is 12.9. The first-order valence-electron chi connectivity index (χ1n) is 8.62. The number of rotatable bonds is 5. The second-order valence-electron chi connectivity index (χ2n) is 6.36. The van der Waals surface area contributed by atoms with E-state index in [0.717, 1.165) is 24.2 Å². The van der Waals surface area contributed by atoms with Crippen LogP contribution < -0.4 is 9.47 Å². The molecular weight excluding hydrogens is 359 g/mol. The van der Waals surface area contributed by atoms with Crippen molar-refractivity contribution in [1.29, 1.82) is 0 Å². The van der Waals surface area contributed by atoms with Gasteiger partial charge in [-0.3, -0.25) is 4.79 Å². The smallest absolute Gasteiger partial charge is 0.422 e. The minimum absolute atomic E-state index is 0.0474. The third kappa shape index (κ3) is 4.72. The molecule has 0 aliphatic carbocycles. The first-order valence-corrected chi connectivity index (χ1v) is 8.62. The number of methoxy groups -OCH3 is 1. The van der Waals surface area contributed by atoms with Crippen molar-refractivity contribution in [1.82, 2.24) is 4.90 Å². The molecule has 1 amide bonds. The molecule has 0 aromatic heterocycles. The fourth-order valence-electron chi connectivity index (χ4n) is 3.23. The summed E-state index contributed by atoms with van der Waals surface area (Å²) in [6.07, 6.45) is -2.65. The lowest BCUT2D eigenvalue weighted by atomic mass is 10.0. The quantitative estimate of drug-likeness (QED) is 0.761. The molecule has 2 aromatic rings. The van der Waals surface area contributed by atoms with Gasteiger partial charge in [0.2, 0.25) is 0 Å². The molecule has 0 saturated carbocycles. The predicted octanol–water partition coefficient (Wildman–Crippen LogP) is 4.61. The lowest BCUT2D eigenvalue weighted by Gasteiger charge is -2.25. The molecule has 144 valence electrons. The molecule has 27 heavy (non-hydrogen) atoms. The van der Waals surface area contributed by atoms with Crippen LogP contribution in [0.2, 0.25) is 0 Å². The zero-order chi connectivity index (χ0) is 19.4. The molecule has 4 nitrogen and oxygen atoms in total. The van der Waals surface area contributed by atoms with Crippen LogP contribution in [0.4, 0.5) is 13.2 Å². The highest BCUT2D eigenvalue weighted by Crippen LogP contribution is 2.34. The van der Waals surface area contributed by atoms with Gasteiger partial charge >= 0.3 is 6.18 Å². The summed E-state index contributed by atoms with van der Waals surface area (Å²) in [5.74, 6) is 0.662. The average Bonchev–Trinajstić information content (AvgIpc) is 3.15. The largest absolute Gasteiger partial charge is 0.497 e. The molecule has 7 heteroatoms. The highest BCUT2D eigenvalue weighted by atomic mass is 19.4. The molecule has 0 radical (unpaired) electrons. The Balaban J connectivity index is 1.72. The van der Waals surface area contributed by atoms with Crippen LogP contribution in [0.3, 0.4) is 0 Å². The standard InChI is InChI=1S/C20H20F3NO3/c1-26-17-5-2-4-15(12-17)18-6-3-11-24(18)19(25)14-7-9-16(10-8-14)27-13-20(21,22)23/h2,4-5,7-10,12,18H,3,6,11,13H2,1H3. The number of alkyl halides is 3. The van der Waals surface area contributed by atoms with Crippen molar-refractivity contribution in [3.63, 3.8) is 0 Å². The Morgan fingerprint density at radius 3 is 2.56 bits per heavy atom. The van der Waals surface area contributed by atoms with E-state index < -0.39 is 12.8 Å². The van der Waals surface area contributed by atoms with Crippen LogP contribution in [0.5, 0.6) is 11.5 Å². The van der Waals surface area contributed by atoms with Crippen molar-refractivity contribution < 1.29 is 27.4 Å². The van der Waals surface area contributed by atoms with Gasteiger partial charge in [0.15, 0.2) is 6.61 Å². The summed E-state index contributed by atoms with van der Waals surface area (Å²) in [5, 5.41) is 0. The van der Waals surface area contributed by atoms with Crippen molar-refractivity contribution in [2.75, 3.05) is 20.3 Å². The maximum atomic E-state index is 12.9. The van der Waals surface area contributed by atoms with Gasteiger partial charge in [-0.05, 0) is 54.8 Å². The number of benzene rings is 2. The maximum Gasteiger partial charge on any atom is 0.422 e. The van der Waals surface area contributed by atoms with Gasteiger partial charge in [-0.15, -0.1) is 0 Å². The summed E-state index contributed by atoms with van der Waals surface area (Å²) in [4.78, 5) is 14.7. The lowest BCUT2D eigenvalue weighted by Crippen LogP contribution is -2.30. The molecular formula is C20H20F3NO3. The topological polar surface area (TPSA) is 38.8 Å². The van der Waals surface area contributed by atoms with Crippen molar-refractivity contribution >= 4 is 5.91 Å². The molecule has 0 N–H and O–H groups in total. The molecule has 2 aromatic carbocycles. The Labute approximate surface area is 155 Å². The Kier molecular flexibility index (Phi) is 5.58. The number of carbonyl (C=O) groups excluding carboxylic acids is 1. The molecule has 0 bridgehead atoms. The van der Waals surface area contributed by atoms with Crippen LogP contribution >= 0.6 is 0 Å². The Morgan fingerprint density at radius 1 is 1.15 bits per heavy atom. The molecule has 1 aliphatic heterocycles. The van der Waals surface area contributed by atoms with Crippen molar-refractivity contribution in [3.05, 3.63) is 59.7 Å². The van der Waals surface area contributed by atoms with Crippen LogP contribution in [0, 0.1) is 0 Å². The van der Waals surface area contributed by atoms with Crippen LogP contribution in [-0.2, 0) is 0 Å². The second-order valence-corrected chi connectivity index (χ2v) is 6.36. The fourth-order valence-corrected chi connectivity index (χ4v) is 3.23. The van der Waals surface area contributed by atoms with E-state index in [-0.39, 0.29) is 17.7 Å². The number of hydrogen-bond donors (Lipinski definition) is 0. The average molecular weight is 379 g/mol. The Morgan fingerprint density at radius 2 is 1.89 bits per heavy atom. The fraction of sp³-hybridized carbons (Fsp3) is 0.350. The minimum Gasteiger partial charge on any atom is -0.497 e. The molecule has 1 fully saturated rings. The van der Waals surface area contributed by atoms with Crippen molar-refractivity contribution in [2.45, 2.75) is 25.1 Å². The van der Waals surface area contributed by atoms with Gasteiger partial charge < -0.3 is 14.4 Å². The number of amides is 1. The zero-order valence-corrected chi connectivity index (χ0v) is 14.8. The third-order valence-electron chi connectivity index (χ3n) is 4.50. The summed E-state index contributed by atoms with van der Waals surface area (Å²) < 4.78 is 46.6. The first-order chi connectivity index (χ1) is 12.9. The number of carbonyl (C=O) groups is 1. The number of likely N-dealkylation sites (tertiary alicyclic amines) is 1. The van der Waals surface area contributed by atoms with Crippen LogP contribution in [0.1, 0.15) is 34.8 Å². The van der Waals surface area contributed by atoms with Crippen molar-refractivity contribution in [3.8, 4) is 11.5 Å². The second kappa shape index (κ2) is 7.90. The zero-order valence-electron chi connectivity index (χ0n) is 14.8. The molecule has 1 heterocycles. The van der Waals surface area contributed by atoms with E-state index in [1.807, 2.05) is 24.3 Å². The highest BCUT2D eigenvalue weighted by Gasteiger charge is 2.31. The number of hydrogen-bond acceptors (Lipinski definition) is 3. The third-order valence-corrected chi connectivity index (χ3v) is 4.50. The van der Waals surface area contributed by atoms with Crippen LogP contribution in [0.15, 0.2) is 48.5 Å². The Bertz CT molecular complexity index is 790. The molecule has 1 atom stereocenters. The van der Waals surface area contributed by atoms with E-state index in [2.05, 4.69) is 4.74 Å². The van der Waals surface area contributed by atoms with E-state index in [0.29, 0.717) is 12.1 Å². The summed E-state index contributed by atoms with van der Waals surface area (Å²) in [6.45, 7) is -0.725. The number of halogens is 3. The Hall–Kier alpha value is -2.70. The van der Waals surface area contributed by atoms with Crippen LogP contribution in [0.25, 0.3) is 0 Å². The van der Waals surface area contributed by atoms with Gasteiger partial charge in [0.25, 0.3) is 5.91 Å². The number of nitrogens with zero attached hydrogens (tertiary/aromatic N) is 1. The molecule has 3 rings (SSSR count). The normalized spacial score (nSPS) is 17.0. The highest BCUT2D eigenvalue weighted by molar-refractivity contribution is 5.94. The molecule has 1 saturated heterocycles. The molecule has 0 spiro atoms. The van der Waals surface area contributed by atoms with E-state index in [4.69, 9.17) is 4.74 Å². The van der Waals surface area contributed by atoms with E-state index >= 15 is 0 Å². The molecule has 1 unspecified atom stereocenters. The minimum atomic E-state index is -4.39. The van der Waals surface area contributed by atoms with Crippen LogP contribution in [-0.4, -0.2) is 37.2 Å². The lowest BCUT2D eigenvalue weighted by molar-refractivity contribution is -0.153. The summed E-state index contributed by atoms with van der Waals surface area (Å²) in [7, 11) is 1.60. The summed E-state index contributed by atoms with van der Waals surface area (Å²) >= 11 is 0.